The second-order valence-corrected chi connectivity index (χ2v) is 5.89. The molecule has 0 aromatic heterocycles. The Labute approximate surface area is 136 Å². The van der Waals surface area contributed by atoms with Crippen LogP contribution in [0.4, 0.5) is 5.69 Å². The molecular formula is C16H22N4OS. The average molecular weight is 318 g/mol. The summed E-state index contributed by atoms with van der Waals surface area (Å²) in [4.78, 5) is 10.9. The van der Waals surface area contributed by atoms with Crippen LogP contribution >= 0.6 is 12.2 Å². The van der Waals surface area contributed by atoms with E-state index in [-0.39, 0.29) is 5.91 Å². The SMILES string of the molecule is CC(=O)Nc1ccc(/C=N/NC(=S)NC2CCCCC2)cc1. The van der Waals surface area contributed by atoms with Crippen LogP contribution in [0.3, 0.4) is 0 Å². The number of thiocarbonyl (C=S) groups is 1. The maximum absolute atomic E-state index is 10.9. The lowest BCUT2D eigenvalue weighted by Crippen LogP contribution is -2.40. The number of benzene rings is 1. The summed E-state index contributed by atoms with van der Waals surface area (Å²) < 4.78 is 0. The Kier molecular flexibility index (Phi) is 6.33. The standard InChI is InChI=1S/C16H22N4OS/c1-12(21)18-15-9-7-13(8-10-15)11-17-20-16(22)19-14-5-3-2-4-6-14/h7-11,14H,2-6H2,1H3,(H,18,21)(H2,19,20,22)/b17-11+. The molecule has 22 heavy (non-hydrogen) atoms. The molecule has 1 aliphatic carbocycles. The van der Waals surface area contributed by atoms with Crippen molar-refractivity contribution in [2.24, 2.45) is 5.10 Å². The van der Waals surface area contributed by atoms with Crippen LogP contribution in [-0.2, 0) is 4.79 Å². The number of anilines is 1. The van der Waals surface area contributed by atoms with Gasteiger partial charge in [0.2, 0.25) is 5.91 Å². The lowest BCUT2D eigenvalue weighted by Gasteiger charge is -2.23. The summed E-state index contributed by atoms with van der Waals surface area (Å²) in [5.41, 5.74) is 4.55. The van der Waals surface area contributed by atoms with Crippen molar-refractivity contribution >= 4 is 35.1 Å². The molecule has 1 aliphatic rings. The van der Waals surface area contributed by atoms with E-state index in [0.29, 0.717) is 11.2 Å². The highest BCUT2D eigenvalue weighted by atomic mass is 32.1. The van der Waals surface area contributed by atoms with E-state index < -0.39 is 0 Å². The summed E-state index contributed by atoms with van der Waals surface area (Å²) in [6.45, 7) is 1.49. The number of hydrazone groups is 1. The predicted molar refractivity (Wildman–Crippen MR) is 94.1 cm³/mol. The summed E-state index contributed by atoms with van der Waals surface area (Å²) in [7, 11) is 0. The van der Waals surface area contributed by atoms with Crippen LogP contribution in [0.15, 0.2) is 29.4 Å². The fraction of sp³-hybridized carbons (Fsp3) is 0.438. The van der Waals surface area contributed by atoms with Gasteiger partial charge in [-0.2, -0.15) is 5.10 Å². The van der Waals surface area contributed by atoms with Gasteiger partial charge in [-0.05, 0) is 42.8 Å². The Morgan fingerprint density at radius 2 is 1.91 bits per heavy atom. The molecule has 0 bridgehead atoms. The Morgan fingerprint density at radius 1 is 1.23 bits per heavy atom. The lowest BCUT2D eigenvalue weighted by atomic mass is 9.96. The van der Waals surface area contributed by atoms with Crippen molar-refractivity contribution in [3.05, 3.63) is 29.8 Å². The lowest BCUT2D eigenvalue weighted by molar-refractivity contribution is -0.114. The highest BCUT2D eigenvalue weighted by molar-refractivity contribution is 7.80. The van der Waals surface area contributed by atoms with Crippen molar-refractivity contribution in [3.8, 4) is 0 Å². The first-order valence-corrected chi connectivity index (χ1v) is 8.01. The van der Waals surface area contributed by atoms with E-state index in [4.69, 9.17) is 12.2 Å². The number of hydrogen-bond donors (Lipinski definition) is 3. The molecule has 5 nitrogen and oxygen atoms in total. The van der Waals surface area contributed by atoms with Gasteiger partial charge in [0.25, 0.3) is 0 Å². The van der Waals surface area contributed by atoms with E-state index in [2.05, 4.69) is 21.2 Å². The predicted octanol–water partition coefficient (Wildman–Crippen LogP) is 2.78. The molecule has 0 unspecified atom stereocenters. The Hall–Kier alpha value is -1.95. The second-order valence-electron chi connectivity index (χ2n) is 5.48. The highest BCUT2D eigenvalue weighted by Crippen LogP contribution is 2.17. The molecule has 1 aromatic carbocycles. The third-order valence-corrected chi connectivity index (χ3v) is 3.76. The smallest absolute Gasteiger partial charge is 0.221 e. The molecule has 2 rings (SSSR count). The second kappa shape index (κ2) is 8.48. The topological polar surface area (TPSA) is 65.5 Å². The molecule has 0 radical (unpaired) electrons. The largest absolute Gasteiger partial charge is 0.359 e. The van der Waals surface area contributed by atoms with Crippen LogP contribution in [0.1, 0.15) is 44.6 Å². The van der Waals surface area contributed by atoms with Gasteiger partial charge in [-0.15, -0.1) is 0 Å². The first-order chi connectivity index (χ1) is 10.6. The van der Waals surface area contributed by atoms with E-state index in [1.54, 1.807) is 6.21 Å². The van der Waals surface area contributed by atoms with E-state index >= 15 is 0 Å². The molecule has 1 fully saturated rings. The van der Waals surface area contributed by atoms with Crippen LogP contribution < -0.4 is 16.1 Å². The zero-order chi connectivity index (χ0) is 15.8. The monoisotopic (exact) mass is 318 g/mol. The van der Waals surface area contributed by atoms with Crippen LogP contribution in [0.25, 0.3) is 0 Å². The maximum atomic E-state index is 10.9. The molecule has 3 N–H and O–H groups in total. The van der Waals surface area contributed by atoms with Crippen molar-refractivity contribution in [3.63, 3.8) is 0 Å². The number of hydrogen-bond acceptors (Lipinski definition) is 3. The van der Waals surface area contributed by atoms with Gasteiger partial charge in [-0.3, -0.25) is 10.2 Å². The molecule has 0 heterocycles. The molecule has 1 aromatic rings. The highest BCUT2D eigenvalue weighted by Gasteiger charge is 2.13. The molecule has 0 spiro atoms. The zero-order valence-corrected chi connectivity index (χ0v) is 13.6. The fourth-order valence-corrected chi connectivity index (χ4v) is 2.71. The molecular weight excluding hydrogens is 296 g/mol. The summed E-state index contributed by atoms with van der Waals surface area (Å²) in [6, 6.07) is 7.91. The van der Waals surface area contributed by atoms with Crippen LogP contribution in [0.2, 0.25) is 0 Å². The van der Waals surface area contributed by atoms with Gasteiger partial charge in [-0.25, -0.2) is 0 Å². The number of nitrogens with one attached hydrogen (secondary N) is 3. The normalized spacial score (nSPS) is 15.5. The molecule has 6 heteroatoms. The summed E-state index contributed by atoms with van der Waals surface area (Å²) in [5.74, 6) is -0.0813. The number of rotatable bonds is 4. The number of carbonyl (C=O) groups is 1. The number of nitrogens with zero attached hydrogens (tertiary/aromatic N) is 1. The Balaban J connectivity index is 1.76. The van der Waals surface area contributed by atoms with Gasteiger partial charge in [0, 0.05) is 18.7 Å². The minimum absolute atomic E-state index is 0.0813. The summed E-state index contributed by atoms with van der Waals surface area (Å²) in [6.07, 6.45) is 7.91. The molecule has 1 saturated carbocycles. The Bertz CT molecular complexity index is 536. The quantitative estimate of drug-likeness (QED) is 0.454. The van der Waals surface area contributed by atoms with Crippen molar-refractivity contribution in [2.45, 2.75) is 45.1 Å². The molecule has 0 atom stereocenters. The zero-order valence-electron chi connectivity index (χ0n) is 12.8. The van der Waals surface area contributed by atoms with Crippen molar-refractivity contribution < 1.29 is 4.79 Å². The van der Waals surface area contributed by atoms with E-state index in [1.807, 2.05) is 24.3 Å². The van der Waals surface area contributed by atoms with Gasteiger partial charge in [-0.1, -0.05) is 31.4 Å². The summed E-state index contributed by atoms with van der Waals surface area (Å²) in [5, 5.41) is 10.7. The van der Waals surface area contributed by atoms with Crippen molar-refractivity contribution in [1.29, 1.82) is 0 Å². The average Bonchev–Trinajstić information content (AvgIpc) is 2.49. The van der Waals surface area contributed by atoms with Gasteiger partial charge in [0.05, 0.1) is 6.21 Å². The van der Waals surface area contributed by atoms with Gasteiger partial charge < -0.3 is 10.6 Å². The first kappa shape index (κ1) is 16.4. The van der Waals surface area contributed by atoms with Crippen molar-refractivity contribution in [2.75, 3.05) is 5.32 Å². The Morgan fingerprint density at radius 3 is 2.55 bits per heavy atom. The van der Waals surface area contributed by atoms with E-state index in [1.165, 1.54) is 39.0 Å². The van der Waals surface area contributed by atoms with Crippen LogP contribution in [-0.4, -0.2) is 23.3 Å². The number of carbonyl (C=O) groups excluding carboxylic acids is 1. The van der Waals surface area contributed by atoms with Gasteiger partial charge in [0.1, 0.15) is 0 Å². The van der Waals surface area contributed by atoms with E-state index in [9.17, 15) is 4.79 Å². The summed E-state index contributed by atoms with van der Waals surface area (Å²) >= 11 is 5.23. The third kappa shape index (κ3) is 5.81. The van der Waals surface area contributed by atoms with Gasteiger partial charge in [0.15, 0.2) is 5.11 Å². The molecule has 0 saturated heterocycles. The fourth-order valence-electron chi connectivity index (χ4n) is 2.49. The van der Waals surface area contributed by atoms with Crippen LogP contribution in [0.5, 0.6) is 0 Å². The van der Waals surface area contributed by atoms with Gasteiger partial charge >= 0.3 is 0 Å². The van der Waals surface area contributed by atoms with Crippen molar-refractivity contribution in [1.82, 2.24) is 10.7 Å². The maximum Gasteiger partial charge on any atom is 0.221 e. The molecule has 1 amide bonds. The first-order valence-electron chi connectivity index (χ1n) is 7.61. The molecule has 118 valence electrons. The molecule has 0 aliphatic heterocycles. The minimum Gasteiger partial charge on any atom is -0.359 e. The van der Waals surface area contributed by atoms with Crippen LogP contribution in [0, 0.1) is 0 Å². The number of amides is 1. The van der Waals surface area contributed by atoms with E-state index in [0.717, 1.165) is 11.3 Å². The third-order valence-electron chi connectivity index (χ3n) is 3.55. The minimum atomic E-state index is -0.0813.